The number of hydrogen-bond acceptors (Lipinski definition) is 3. The van der Waals surface area contributed by atoms with Crippen LogP contribution in [0.1, 0.15) is 0 Å². The van der Waals surface area contributed by atoms with Crippen molar-refractivity contribution in [2.75, 3.05) is 0 Å². The molecule has 0 aromatic heterocycles. The van der Waals surface area contributed by atoms with Crippen molar-refractivity contribution in [3.05, 3.63) is 32.5 Å². The van der Waals surface area contributed by atoms with E-state index in [4.69, 9.17) is 5.11 Å². The minimum atomic E-state index is -0.860. The molecule has 0 bridgehead atoms. The lowest BCUT2D eigenvalue weighted by atomic mass is 10.3. The first-order valence-electron chi connectivity index (χ1n) is 2.85. The van der Waals surface area contributed by atoms with Crippen LogP contribution in [0.25, 0.3) is 0 Å². The minimum absolute atomic E-state index is 0.259. The Morgan fingerprint density at radius 1 is 1.58 bits per heavy atom. The Labute approximate surface area is 74.9 Å². The van der Waals surface area contributed by atoms with E-state index in [2.05, 4.69) is 15.9 Å². The molecule has 0 saturated carbocycles. The van der Waals surface area contributed by atoms with Gasteiger partial charge >= 0.3 is 0 Å². The molecule has 4 nitrogen and oxygen atoms in total. The number of phenols is 1. The number of nitro groups is 1. The summed E-state index contributed by atoms with van der Waals surface area (Å²) in [5.41, 5.74) is -0.493. The second kappa shape index (κ2) is 3.06. The topological polar surface area (TPSA) is 63.4 Å². The molecule has 1 rings (SSSR count). The first kappa shape index (κ1) is 8.92. The van der Waals surface area contributed by atoms with Gasteiger partial charge in [0.1, 0.15) is 16.0 Å². The highest BCUT2D eigenvalue weighted by atomic mass is 79.9. The maximum Gasteiger partial charge on any atom is 0.290 e. The third-order valence-electron chi connectivity index (χ3n) is 1.19. The van der Waals surface area contributed by atoms with Gasteiger partial charge in [-0.05, 0) is 15.9 Å². The van der Waals surface area contributed by atoms with Crippen molar-refractivity contribution in [3.8, 4) is 5.75 Å². The van der Waals surface area contributed by atoms with Crippen LogP contribution in [-0.4, -0.2) is 10.0 Å². The molecule has 0 atom stereocenters. The van der Waals surface area contributed by atoms with Gasteiger partial charge in [-0.2, -0.15) is 0 Å². The Kier molecular flexibility index (Phi) is 2.27. The molecule has 0 aliphatic carbocycles. The van der Waals surface area contributed by atoms with E-state index in [9.17, 15) is 14.5 Å². The van der Waals surface area contributed by atoms with Gasteiger partial charge < -0.3 is 5.11 Å². The van der Waals surface area contributed by atoms with E-state index in [0.29, 0.717) is 0 Å². The molecule has 64 valence electrons. The van der Waals surface area contributed by atoms with Gasteiger partial charge in [0, 0.05) is 6.07 Å². The van der Waals surface area contributed by atoms with Crippen molar-refractivity contribution in [1.29, 1.82) is 0 Å². The van der Waals surface area contributed by atoms with Crippen LogP contribution in [-0.2, 0) is 0 Å². The molecular weight excluding hydrogens is 233 g/mol. The lowest BCUT2D eigenvalue weighted by Gasteiger charge is -1.97. The fourth-order valence-electron chi connectivity index (χ4n) is 0.694. The molecule has 0 aliphatic heterocycles. The summed E-state index contributed by atoms with van der Waals surface area (Å²) in [5, 5.41) is 19.0. The number of benzene rings is 1. The molecular formula is C6H3BrFNO3. The number of nitrogens with zero attached hydrogens (tertiary/aromatic N) is 1. The van der Waals surface area contributed by atoms with E-state index in [-0.39, 0.29) is 4.47 Å². The number of nitro benzene ring substituents is 1. The summed E-state index contributed by atoms with van der Waals surface area (Å²) in [7, 11) is 0. The van der Waals surface area contributed by atoms with Gasteiger partial charge in [-0.25, -0.2) is 4.39 Å². The van der Waals surface area contributed by atoms with Gasteiger partial charge in [-0.1, -0.05) is 0 Å². The van der Waals surface area contributed by atoms with Crippen molar-refractivity contribution in [2.45, 2.75) is 0 Å². The van der Waals surface area contributed by atoms with Crippen LogP contribution in [0.2, 0.25) is 0 Å². The summed E-state index contributed by atoms with van der Waals surface area (Å²) >= 11 is 2.69. The van der Waals surface area contributed by atoms with Crippen LogP contribution in [0, 0.1) is 15.9 Å². The fourth-order valence-corrected chi connectivity index (χ4v) is 1.07. The summed E-state index contributed by atoms with van der Waals surface area (Å²) in [6.45, 7) is 0. The average molecular weight is 236 g/mol. The molecule has 1 N–H and O–H groups in total. The molecule has 0 saturated heterocycles. The Morgan fingerprint density at radius 3 is 2.67 bits per heavy atom. The zero-order valence-corrected chi connectivity index (χ0v) is 7.21. The van der Waals surface area contributed by atoms with Gasteiger partial charge in [-0.15, -0.1) is 0 Å². The third-order valence-corrected chi connectivity index (χ3v) is 1.98. The van der Waals surface area contributed by atoms with Crippen LogP contribution >= 0.6 is 15.9 Å². The van der Waals surface area contributed by atoms with Crippen LogP contribution in [0.3, 0.4) is 0 Å². The molecule has 12 heavy (non-hydrogen) atoms. The lowest BCUT2D eigenvalue weighted by molar-refractivity contribution is -0.385. The van der Waals surface area contributed by atoms with Crippen LogP contribution < -0.4 is 0 Å². The smallest absolute Gasteiger partial charge is 0.290 e. The lowest BCUT2D eigenvalue weighted by Crippen LogP contribution is -1.91. The minimum Gasteiger partial charge on any atom is -0.508 e. The SMILES string of the molecule is O=[N+]([O-])c1cc(O)cc(F)c1Br. The Bertz CT molecular complexity index is 342. The highest BCUT2D eigenvalue weighted by molar-refractivity contribution is 9.10. The zero-order valence-electron chi connectivity index (χ0n) is 5.62. The van der Waals surface area contributed by atoms with E-state index in [1.165, 1.54) is 0 Å². The Morgan fingerprint density at radius 2 is 2.17 bits per heavy atom. The van der Waals surface area contributed by atoms with E-state index < -0.39 is 22.2 Å². The monoisotopic (exact) mass is 235 g/mol. The molecule has 1 aromatic carbocycles. The number of hydrogen-bond donors (Lipinski definition) is 1. The first-order valence-corrected chi connectivity index (χ1v) is 3.64. The second-order valence-corrected chi connectivity index (χ2v) is 2.81. The largest absolute Gasteiger partial charge is 0.508 e. The molecule has 0 unspecified atom stereocenters. The maximum absolute atomic E-state index is 12.7. The van der Waals surface area contributed by atoms with Crippen molar-refractivity contribution >= 4 is 21.6 Å². The first-order chi connectivity index (χ1) is 5.52. The predicted molar refractivity (Wildman–Crippen MR) is 42.4 cm³/mol. The van der Waals surface area contributed by atoms with Crippen LogP contribution in [0.15, 0.2) is 16.6 Å². The standard InChI is InChI=1S/C6H3BrFNO3/c7-6-4(8)1-3(10)2-5(6)9(11)12/h1-2,10H. The zero-order chi connectivity index (χ0) is 9.30. The van der Waals surface area contributed by atoms with Crippen molar-refractivity contribution < 1.29 is 14.4 Å². The molecule has 0 radical (unpaired) electrons. The Balaban J connectivity index is 3.37. The number of rotatable bonds is 1. The highest BCUT2D eigenvalue weighted by Crippen LogP contribution is 2.31. The molecule has 0 amide bonds. The molecule has 0 heterocycles. The quantitative estimate of drug-likeness (QED) is 0.600. The fraction of sp³-hybridized carbons (Fsp3) is 0. The predicted octanol–water partition coefficient (Wildman–Crippen LogP) is 2.20. The van der Waals surface area contributed by atoms with Crippen molar-refractivity contribution in [1.82, 2.24) is 0 Å². The molecule has 0 fully saturated rings. The summed E-state index contributed by atoms with van der Waals surface area (Å²) in [6, 6.07) is 1.66. The van der Waals surface area contributed by atoms with Crippen LogP contribution in [0.5, 0.6) is 5.75 Å². The Hall–Kier alpha value is -1.17. The molecule has 0 spiro atoms. The summed E-state index contributed by atoms with van der Waals surface area (Å²) in [6.07, 6.45) is 0. The van der Waals surface area contributed by atoms with Crippen LogP contribution in [0.4, 0.5) is 10.1 Å². The summed E-state index contributed by atoms with van der Waals surface area (Å²) in [5.74, 6) is -1.33. The van der Waals surface area contributed by atoms with E-state index >= 15 is 0 Å². The van der Waals surface area contributed by atoms with Gasteiger partial charge in [0.2, 0.25) is 0 Å². The average Bonchev–Trinajstić information content (AvgIpc) is 1.96. The maximum atomic E-state index is 12.7. The molecule has 0 aliphatic rings. The van der Waals surface area contributed by atoms with Gasteiger partial charge in [0.25, 0.3) is 5.69 Å². The van der Waals surface area contributed by atoms with Crippen molar-refractivity contribution in [2.24, 2.45) is 0 Å². The van der Waals surface area contributed by atoms with Gasteiger partial charge in [0.15, 0.2) is 0 Å². The van der Waals surface area contributed by atoms with E-state index in [0.717, 1.165) is 12.1 Å². The van der Waals surface area contributed by atoms with Crippen molar-refractivity contribution in [3.63, 3.8) is 0 Å². The second-order valence-electron chi connectivity index (χ2n) is 2.02. The summed E-state index contributed by atoms with van der Waals surface area (Å²) < 4.78 is 12.4. The highest BCUT2D eigenvalue weighted by Gasteiger charge is 2.17. The van der Waals surface area contributed by atoms with E-state index in [1.54, 1.807) is 0 Å². The molecule has 1 aromatic rings. The van der Waals surface area contributed by atoms with Gasteiger partial charge in [0.05, 0.1) is 11.0 Å². The number of aromatic hydroxyl groups is 1. The third kappa shape index (κ3) is 1.53. The number of halogens is 2. The normalized spacial score (nSPS) is 9.83. The number of phenolic OH excluding ortho intramolecular Hbond substituents is 1. The van der Waals surface area contributed by atoms with E-state index in [1.807, 2.05) is 0 Å². The summed E-state index contributed by atoms with van der Waals surface area (Å²) in [4.78, 5) is 9.44. The van der Waals surface area contributed by atoms with Gasteiger partial charge in [-0.3, -0.25) is 10.1 Å². The molecule has 6 heteroatoms.